The van der Waals surface area contributed by atoms with Crippen molar-refractivity contribution < 1.29 is 22.7 Å². The van der Waals surface area contributed by atoms with Crippen molar-refractivity contribution in [1.82, 2.24) is 9.36 Å². The topological polar surface area (TPSA) is 131 Å². The van der Waals surface area contributed by atoms with Gasteiger partial charge in [-0.05, 0) is 48.0 Å². The second-order valence-corrected chi connectivity index (χ2v) is 9.95. The molecule has 0 unspecified atom stereocenters. The fourth-order valence-corrected chi connectivity index (χ4v) is 4.09. The zero-order valence-electron chi connectivity index (χ0n) is 17.9. The van der Waals surface area contributed by atoms with Gasteiger partial charge in [0.2, 0.25) is 15.0 Å². The predicted octanol–water partition coefficient (Wildman–Crippen LogP) is 3.99. The highest BCUT2D eigenvalue weighted by Gasteiger charge is 2.17. The van der Waals surface area contributed by atoms with Crippen molar-refractivity contribution in [2.45, 2.75) is 11.6 Å². The number of hydrogen-bond acceptors (Lipinski definition) is 9. The number of nitrogens with one attached hydrogen (secondary N) is 1. The molecule has 176 valence electrons. The van der Waals surface area contributed by atoms with E-state index in [2.05, 4.69) is 14.7 Å². The van der Waals surface area contributed by atoms with Crippen LogP contribution in [0.3, 0.4) is 0 Å². The summed E-state index contributed by atoms with van der Waals surface area (Å²) >= 11 is 6.55. The van der Waals surface area contributed by atoms with E-state index in [-0.39, 0.29) is 15.9 Å². The average molecular weight is 519 g/mol. The first-order valence-corrected chi connectivity index (χ1v) is 12.9. The number of nitrogens with zero attached hydrogens (tertiary/aromatic N) is 3. The lowest BCUT2D eigenvalue weighted by Gasteiger charge is -2.08. The van der Waals surface area contributed by atoms with Crippen molar-refractivity contribution in [2.24, 2.45) is 0 Å². The fourth-order valence-electron chi connectivity index (χ4n) is 2.52. The summed E-state index contributed by atoms with van der Waals surface area (Å²) in [6.45, 7) is 0.940. The summed E-state index contributed by atoms with van der Waals surface area (Å²) in [6, 6.07) is 15.8. The Labute approximate surface area is 205 Å². The molecule has 0 aliphatic rings. The second-order valence-electron chi connectivity index (χ2n) is 6.85. The van der Waals surface area contributed by atoms with E-state index in [9.17, 15) is 18.5 Å². The molecular formula is C22H19ClN4O5S2. The summed E-state index contributed by atoms with van der Waals surface area (Å²) in [7, 11) is -3.59. The Morgan fingerprint density at radius 3 is 2.24 bits per heavy atom. The van der Waals surface area contributed by atoms with E-state index in [1.165, 1.54) is 6.08 Å². The lowest BCUT2D eigenvalue weighted by molar-refractivity contribution is -0.112. The molecule has 0 saturated carbocycles. The number of carbonyl (C=O) groups excluding carboxylic acids is 1. The van der Waals surface area contributed by atoms with Crippen molar-refractivity contribution in [3.05, 3.63) is 64.7 Å². The Morgan fingerprint density at radius 1 is 1.12 bits per heavy atom. The molecule has 1 N–H and O–H groups in total. The second kappa shape index (κ2) is 11.6. The van der Waals surface area contributed by atoms with Gasteiger partial charge in [0.25, 0.3) is 11.1 Å². The van der Waals surface area contributed by atoms with Gasteiger partial charge in [-0.25, -0.2) is 8.42 Å². The number of sulfone groups is 1. The molecule has 0 aliphatic heterocycles. The SMILES string of the molecule is CS(=O)(=O)c1nsc(NC(=O)C(C#N)=Cc2ccc(OCCCOc3ccc(Cl)cc3)cc2)n1. The van der Waals surface area contributed by atoms with Crippen molar-refractivity contribution >= 4 is 50.1 Å². The molecule has 1 heterocycles. The first kappa shape index (κ1) is 25.2. The number of ether oxygens (including phenoxy) is 2. The minimum absolute atomic E-state index is 0.0182. The molecule has 0 aliphatic carbocycles. The molecular weight excluding hydrogens is 500 g/mol. The largest absolute Gasteiger partial charge is 0.493 e. The van der Waals surface area contributed by atoms with Gasteiger partial charge >= 0.3 is 0 Å². The normalized spacial score (nSPS) is 11.5. The number of nitriles is 1. The average Bonchev–Trinajstić information content (AvgIpc) is 3.28. The first-order chi connectivity index (χ1) is 16.2. The number of anilines is 1. The third-order valence-electron chi connectivity index (χ3n) is 4.16. The molecule has 3 rings (SSSR count). The number of aromatic nitrogens is 2. The molecule has 2 aromatic carbocycles. The molecule has 12 heteroatoms. The third-order valence-corrected chi connectivity index (χ3v) is 6.00. The van der Waals surface area contributed by atoms with Crippen LogP contribution in [0.15, 0.2) is 59.3 Å². The molecule has 0 atom stereocenters. The Balaban J connectivity index is 1.49. The number of halogens is 1. The number of rotatable bonds is 10. The summed E-state index contributed by atoms with van der Waals surface area (Å²) < 4.78 is 37.8. The van der Waals surface area contributed by atoms with E-state index < -0.39 is 15.7 Å². The van der Waals surface area contributed by atoms with E-state index in [1.807, 2.05) is 6.07 Å². The van der Waals surface area contributed by atoms with Gasteiger partial charge in [-0.2, -0.15) is 14.6 Å². The van der Waals surface area contributed by atoms with Crippen molar-refractivity contribution in [1.29, 1.82) is 5.26 Å². The van der Waals surface area contributed by atoms with E-state index in [0.29, 0.717) is 47.5 Å². The van der Waals surface area contributed by atoms with Crippen molar-refractivity contribution in [3.8, 4) is 17.6 Å². The maximum absolute atomic E-state index is 12.3. The van der Waals surface area contributed by atoms with Gasteiger partial charge in [-0.3, -0.25) is 10.1 Å². The predicted molar refractivity (Wildman–Crippen MR) is 129 cm³/mol. The van der Waals surface area contributed by atoms with Crippen LogP contribution in [0.4, 0.5) is 5.13 Å². The maximum atomic E-state index is 12.3. The molecule has 1 aromatic heterocycles. The van der Waals surface area contributed by atoms with Gasteiger partial charge in [0.1, 0.15) is 23.1 Å². The van der Waals surface area contributed by atoms with E-state index >= 15 is 0 Å². The molecule has 1 amide bonds. The quantitative estimate of drug-likeness (QED) is 0.242. The van der Waals surface area contributed by atoms with Crippen molar-refractivity contribution in [2.75, 3.05) is 24.8 Å². The molecule has 0 saturated heterocycles. The van der Waals surface area contributed by atoms with E-state index in [4.69, 9.17) is 21.1 Å². The van der Waals surface area contributed by atoms with Crippen LogP contribution in [0, 0.1) is 11.3 Å². The highest BCUT2D eigenvalue weighted by molar-refractivity contribution is 7.90. The molecule has 9 nitrogen and oxygen atoms in total. The summed E-state index contributed by atoms with van der Waals surface area (Å²) in [5.41, 5.74) is 0.434. The Hall–Kier alpha value is -3.46. The van der Waals surface area contributed by atoms with Gasteiger partial charge < -0.3 is 9.47 Å². The highest BCUT2D eigenvalue weighted by Crippen LogP contribution is 2.18. The van der Waals surface area contributed by atoms with Gasteiger partial charge in [0.15, 0.2) is 0 Å². The summed E-state index contributed by atoms with van der Waals surface area (Å²) in [5.74, 6) is 0.647. The van der Waals surface area contributed by atoms with Crippen LogP contribution in [-0.2, 0) is 14.6 Å². The number of carbonyl (C=O) groups is 1. The van der Waals surface area contributed by atoms with Gasteiger partial charge in [-0.15, -0.1) is 0 Å². The first-order valence-electron chi connectivity index (χ1n) is 9.83. The zero-order chi connectivity index (χ0) is 24.6. The highest BCUT2D eigenvalue weighted by atomic mass is 35.5. The molecule has 0 fully saturated rings. The van der Waals surface area contributed by atoms with Crippen LogP contribution in [0.1, 0.15) is 12.0 Å². The van der Waals surface area contributed by atoms with Gasteiger partial charge in [0, 0.05) is 29.2 Å². The van der Waals surface area contributed by atoms with Gasteiger partial charge in [-0.1, -0.05) is 23.7 Å². The Bertz CT molecular complexity index is 1310. The molecule has 0 radical (unpaired) electrons. The van der Waals surface area contributed by atoms with E-state index in [0.717, 1.165) is 12.0 Å². The Morgan fingerprint density at radius 2 is 1.71 bits per heavy atom. The number of hydrogen-bond donors (Lipinski definition) is 1. The third kappa shape index (κ3) is 7.55. The lowest BCUT2D eigenvalue weighted by atomic mass is 10.1. The fraction of sp³-hybridized carbons (Fsp3) is 0.182. The minimum atomic E-state index is -3.59. The standard InChI is InChI=1S/C22H19ClN4O5S2/c1-34(29,30)22-26-21(33-27-22)25-20(28)16(14-24)13-15-3-7-18(8-4-15)31-11-2-12-32-19-9-5-17(23)6-10-19/h3-10,13H,2,11-12H2,1H3,(H,25,26,27,28). The molecule has 34 heavy (non-hydrogen) atoms. The lowest BCUT2D eigenvalue weighted by Crippen LogP contribution is -2.13. The van der Waals surface area contributed by atoms with Crippen LogP contribution in [0.2, 0.25) is 5.02 Å². The number of amides is 1. The van der Waals surface area contributed by atoms with Crippen LogP contribution in [0.5, 0.6) is 11.5 Å². The zero-order valence-corrected chi connectivity index (χ0v) is 20.3. The Kier molecular flexibility index (Phi) is 8.59. The van der Waals surface area contributed by atoms with Crippen LogP contribution in [0.25, 0.3) is 6.08 Å². The molecule has 0 bridgehead atoms. The molecule has 0 spiro atoms. The number of benzene rings is 2. The monoisotopic (exact) mass is 518 g/mol. The summed E-state index contributed by atoms with van der Waals surface area (Å²) in [6.07, 6.45) is 3.04. The minimum Gasteiger partial charge on any atom is -0.493 e. The smallest absolute Gasteiger partial charge is 0.268 e. The molecule has 3 aromatic rings. The van der Waals surface area contributed by atoms with E-state index in [1.54, 1.807) is 48.5 Å². The van der Waals surface area contributed by atoms with Crippen LogP contribution in [-0.4, -0.2) is 43.2 Å². The van der Waals surface area contributed by atoms with Gasteiger partial charge in [0.05, 0.1) is 13.2 Å². The summed E-state index contributed by atoms with van der Waals surface area (Å²) in [4.78, 5) is 16.1. The summed E-state index contributed by atoms with van der Waals surface area (Å²) in [5, 5.41) is 12.0. The van der Waals surface area contributed by atoms with Crippen LogP contribution < -0.4 is 14.8 Å². The maximum Gasteiger partial charge on any atom is 0.268 e. The van der Waals surface area contributed by atoms with Crippen molar-refractivity contribution in [3.63, 3.8) is 0 Å². The van der Waals surface area contributed by atoms with Crippen LogP contribution >= 0.6 is 23.1 Å².